The van der Waals surface area contributed by atoms with Crippen LogP contribution < -0.4 is 4.74 Å². The van der Waals surface area contributed by atoms with E-state index in [1.807, 2.05) is 35.6 Å². The number of pyridine rings is 1. The zero-order valence-corrected chi connectivity index (χ0v) is 21.5. The fourth-order valence-corrected chi connectivity index (χ4v) is 6.31. The molecule has 2 N–H and O–H groups in total. The molecule has 2 aromatic heterocycles. The zero-order valence-electron chi connectivity index (χ0n) is 20.7. The molecule has 1 aliphatic heterocycles. The van der Waals surface area contributed by atoms with Gasteiger partial charge in [0.05, 0.1) is 18.7 Å². The Morgan fingerprint density at radius 3 is 2.86 bits per heavy atom. The van der Waals surface area contributed by atoms with Crippen molar-refractivity contribution in [2.75, 3.05) is 26.7 Å². The highest BCUT2D eigenvalue weighted by Crippen LogP contribution is 2.35. The largest absolute Gasteiger partial charge is 0.497 e. The molecule has 7 heteroatoms. The van der Waals surface area contributed by atoms with Crippen molar-refractivity contribution in [2.24, 2.45) is 11.8 Å². The number of likely N-dealkylation sites (tertiary alicyclic amines) is 1. The van der Waals surface area contributed by atoms with E-state index >= 15 is 0 Å². The molecular formula is C28H36N2O4S. The molecular weight excluding hydrogens is 460 g/mol. The van der Waals surface area contributed by atoms with E-state index in [2.05, 4.69) is 28.9 Å². The molecule has 3 heterocycles. The Morgan fingerprint density at radius 1 is 1.26 bits per heavy atom. The highest BCUT2D eigenvalue weighted by atomic mass is 32.1. The van der Waals surface area contributed by atoms with Gasteiger partial charge in [-0.25, -0.2) is 0 Å². The quantitative estimate of drug-likeness (QED) is 0.366. The van der Waals surface area contributed by atoms with Gasteiger partial charge in [0.25, 0.3) is 0 Å². The summed E-state index contributed by atoms with van der Waals surface area (Å²) in [4.78, 5) is 21.2. The number of hydrogen-bond acceptors (Lipinski definition) is 6. The number of aliphatic hydroxyl groups is 1. The molecule has 35 heavy (non-hydrogen) atoms. The van der Waals surface area contributed by atoms with Crippen molar-refractivity contribution >= 4 is 28.2 Å². The number of nitrogens with zero attached hydrogens (tertiary/aromatic N) is 2. The lowest BCUT2D eigenvalue weighted by Gasteiger charge is -2.38. The summed E-state index contributed by atoms with van der Waals surface area (Å²) in [5.41, 5.74) is 1.68. The van der Waals surface area contributed by atoms with Crippen LogP contribution in [0.25, 0.3) is 10.9 Å². The molecule has 1 saturated heterocycles. The summed E-state index contributed by atoms with van der Waals surface area (Å²) in [5.74, 6) is 0.428. The van der Waals surface area contributed by atoms with Gasteiger partial charge < -0.3 is 19.8 Å². The maximum atomic E-state index is 11.6. The van der Waals surface area contributed by atoms with Crippen LogP contribution in [0, 0.1) is 18.8 Å². The van der Waals surface area contributed by atoms with Gasteiger partial charge in [-0.15, -0.1) is 11.3 Å². The number of hydrogen-bond donors (Lipinski definition) is 2. The number of carboxylic acid groups (broad SMARTS) is 1. The topological polar surface area (TPSA) is 82.9 Å². The van der Waals surface area contributed by atoms with Gasteiger partial charge in [0.2, 0.25) is 0 Å². The van der Waals surface area contributed by atoms with Gasteiger partial charge in [-0.2, -0.15) is 0 Å². The molecule has 0 aliphatic carbocycles. The Morgan fingerprint density at radius 2 is 2.11 bits per heavy atom. The minimum absolute atomic E-state index is 0.117. The average Bonchev–Trinajstić information content (AvgIpc) is 3.27. The van der Waals surface area contributed by atoms with E-state index in [1.54, 1.807) is 13.3 Å². The second kappa shape index (κ2) is 12.0. The first kappa shape index (κ1) is 25.6. The standard InChI is InChI=1S/C28H36N2O4S/c1-19-5-8-23(35-19)4-3-14-30-15-12-20(21(18-30)16-28(32)33)6-10-27(31)24-11-13-29-26-9-7-22(34-2)17-25(24)26/h5,7-9,11,13,17,20-21,27,31H,3-4,6,10,12,14-16,18H2,1-2H3,(H,32,33)/t20-,21+,27?/m1/s1. The van der Waals surface area contributed by atoms with Crippen LogP contribution in [0.4, 0.5) is 0 Å². The Labute approximate surface area is 211 Å². The van der Waals surface area contributed by atoms with Gasteiger partial charge in [-0.05, 0) is 106 Å². The third-order valence-electron chi connectivity index (χ3n) is 7.26. The second-order valence-corrected chi connectivity index (χ2v) is 11.1. The number of aliphatic carboxylic acids is 1. The molecule has 1 fully saturated rings. The number of methoxy groups -OCH3 is 1. The van der Waals surface area contributed by atoms with Crippen LogP contribution in [0.1, 0.15) is 53.5 Å². The third kappa shape index (κ3) is 6.81. The lowest BCUT2D eigenvalue weighted by atomic mass is 9.79. The van der Waals surface area contributed by atoms with Crippen LogP contribution in [0.5, 0.6) is 5.75 Å². The summed E-state index contributed by atoms with van der Waals surface area (Å²) in [6, 6.07) is 12.0. The molecule has 6 nitrogen and oxygen atoms in total. The van der Waals surface area contributed by atoms with E-state index in [0.717, 1.165) is 67.5 Å². The van der Waals surface area contributed by atoms with Crippen LogP contribution in [-0.4, -0.2) is 52.8 Å². The smallest absolute Gasteiger partial charge is 0.303 e. The van der Waals surface area contributed by atoms with E-state index in [9.17, 15) is 15.0 Å². The lowest BCUT2D eigenvalue weighted by Crippen LogP contribution is -2.42. The van der Waals surface area contributed by atoms with Gasteiger partial charge in [0, 0.05) is 34.3 Å². The molecule has 0 radical (unpaired) electrons. The fraction of sp³-hybridized carbons (Fsp3) is 0.500. The van der Waals surface area contributed by atoms with E-state index < -0.39 is 12.1 Å². The molecule has 0 amide bonds. The number of carboxylic acids is 1. The van der Waals surface area contributed by atoms with Crippen molar-refractivity contribution in [1.29, 1.82) is 0 Å². The van der Waals surface area contributed by atoms with Gasteiger partial charge in [-0.3, -0.25) is 9.78 Å². The average molecular weight is 497 g/mol. The van der Waals surface area contributed by atoms with Crippen LogP contribution in [-0.2, 0) is 11.2 Å². The second-order valence-electron chi connectivity index (χ2n) is 9.70. The van der Waals surface area contributed by atoms with E-state index in [4.69, 9.17) is 4.74 Å². The number of piperidine rings is 1. The van der Waals surface area contributed by atoms with Crippen molar-refractivity contribution in [1.82, 2.24) is 9.88 Å². The van der Waals surface area contributed by atoms with Crippen LogP contribution >= 0.6 is 11.3 Å². The molecule has 1 aliphatic rings. The Kier molecular flexibility index (Phi) is 8.76. The highest BCUT2D eigenvalue weighted by molar-refractivity contribution is 7.11. The first-order chi connectivity index (χ1) is 16.9. The fourth-order valence-electron chi connectivity index (χ4n) is 5.38. The molecule has 3 atom stereocenters. The zero-order chi connectivity index (χ0) is 24.8. The SMILES string of the molecule is COc1ccc2nccc(C(O)CC[C@@H]3CCN(CCCc4ccc(C)s4)C[C@@H]3CC(=O)O)c2c1. The summed E-state index contributed by atoms with van der Waals surface area (Å²) in [6.45, 7) is 4.97. The number of fused-ring (bicyclic) bond motifs is 1. The molecule has 0 bridgehead atoms. The number of ether oxygens (including phenoxy) is 1. The Hall–Kier alpha value is -2.48. The van der Waals surface area contributed by atoms with Crippen molar-refractivity contribution in [2.45, 2.75) is 51.6 Å². The minimum Gasteiger partial charge on any atom is -0.497 e. The highest BCUT2D eigenvalue weighted by Gasteiger charge is 2.31. The number of aliphatic hydroxyl groups excluding tert-OH is 1. The van der Waals surface area contributed by atoms with Gasteiger partial charge in [0.1, 0.15) is 5.75 Å². The summed E-state index contributed by atoms with van der Waals surface area (Å²) in [6.07, 6.45) is 5.89. The first-order valence-corrected chi connectivity index (χ1v) is 13.3. The van der Waals surface area contributed by atoms with Crippen LogP contribution in [0.3, 0.4) is 0 Å². The van der Waals surface area contributed by atoms with Crippen LogP contribution in [0.15, 0.2) is 42.6 Å². The number of benzene rings is 1. The molecule has 0 saturated carbocycles. The number of rotatable bonds is 11. The predicted molar refractivity (Wildman–Crippen MR) is 140 cm³/mol. The van der Waals surface area contributed by atoms with Crippen molar-refractivity contribution in [3.05, 3.63) is 57.9 Å². The molecule has 1 unspecified atom stereocenters. The van der Waals surface area contributed by atoms with E-state index in [1.165, 1.54) is 9.75 Å². The Balaban J connectivity index is 1.35. The van der Waals surface area contributed by atoms with Gasteiger partial charge in [-0.1, -0.05) is 0 Å². The summed E-state index contributed by atoms with van der Waals surface area (Å²) >= 11 is 1.86. The number of aromatic nitrogens is 1. The minimum atomic E-state index is -0.733. The third-order valence-corrected chi connectivity index (χ3v) is 8.32. The normalized spacial score (nSPS) is 19.6. The molecule has 4 rings (SSSR count). The summed E-state index contributed by atoms with van der Waals surface area (Å²) < 4.78 is 5.36. The maximum absolute atomic E-state index is 11.6. The van der Waals surface area contributed by atoms with E-state index in [0.29, 0.717) is 12.3 Å². The van der Waals surface area contributed by atoms with Gasteiger partial charge >= 0.3 is 5.97 Å². The number of carbonyl (C=O) groups is 1. The lowest BCUT2D eigenvalue weighted by molar-refractivity contribution is -0.139. The number of aryl methyl sites for hydroxylation is 2. The van der Waals surface area contributed by atoms with Gasteiger partial charge in [0.15, 0.2) is 0 Å². The molecule has 0 spiro atoms. The maximum Gasteiger partial charge on any atom is 0.303 e. The predicted octanol–water partition coefficient (Wildman–Crippen LogP) is 5.47. The van der Waals surface area contributed by atoms with Crippen molar-refractivity contribution in [3.8, 4) is 5.75 Å². The monoisotopic (exact) mass is 496 g/mol. The Bertz CT molecular complexity index is 1130. The van der Waals surface area contributed by atoms with Crippen molar-refractivity contribution < 1.29 is 19.7 Å². The summed E-state index contributed by atoms with van der Waals surface area (Å²) in [7, 11) is 1.63. The van der Waals surface area contributed by atoms with Crippen molar-refractivity contribution in [3.63, 3.8) is 0 Å². The van der Waals surface area contributed by atoms with Crippen LogP contribution in [0.2, 0.25) is 0 Å². The molecule has 188 valence electrons. The molecule has 3 aromatic rings. The number of thiophene rings is 1. The summed E-state index contributed by atoms with van der Waals surface area (Å²) in [5, 5.41) is 21.5. The molecule has 1 aromatic carbocycles. The first-order valence-electron chi connectivity index (χ1n) is 12.5. The van der Waals surface area contributed by atoms with E-state index in [-0.39, 0.29) is 12.3 Å².